The predicted octanol–water partition coefficient (Wildman–Crippen LogP) is 2.35. The molecular formula is C16H19N3O2. The van der Waals surface area contributed by atoms with Crippen LogP contribution in [0.5, 0.6) is 0 Å². The molecule has 0 radical (unpaired) electrons. The first-order valence-corrected chi connectivity index (χ1v) is 7.22. The Hall–Kier alpha value is -2.35. The Bertz CT molecular complexity index is 557. The molecule has 1 aliphatic carbocycles. The molecule has 0 bridgehead atoms. The van der Waals surface area contributed by atoms with Gasteiger partial charge in [-0.05, 0) is 30.5 Å². The highest BCUT2D eigenvalue weighted by atomic mass is 16.2. The summed E-state index contributed by atoms with van der Waals surface area (Å²) < 4.78 is 0. The predicted molar refractivity (Wildman–Crippen MR) is 79.1 cm³/mol. The van der Waals surface area contributed by atoms with E-state index < -0.39 is 0 Å². The van der Waals surface area contributed by atoms with E-state index in [1.807, 2.05) is 24.3 Å². The van der Waals surface area contributed by atoms with Crippen molar-refractivity contribution < 1.29 is 9.59 Å². The molecule has 1 saturated carbocycles. The van der Waals surface area contributed by atoms with E-state index in [0.29, 0.717) is 6.54 Å². The van der Waals surface area contributed by atoms with Crippen molar-refractivity contribution in [1.82, 2.24) is 5.32 Å². The molecule has 110 valence electrons. The third-order valence-corrected chi connectivity index (χ3v) is 3.65. The summed E-state index contributed by atoms with van der Waals surface area (Å²) in [6.45, 7) is 0.355. The Kier molecular flexibility index (Phi) is 5.33. The van der Waals surface area contributed by atoms with E-state index in [1.165, 1.54) is 0 Å². The number of carbonyl (C=O) groups excluding carboxylic acids is 2. The average Bonchev–Trinajstić information content (AvgIpc) is 3.00. The molecule has 0 aliphatic heterocycles. The maximum Gasteiger partial charge on any atom is 0.234 e. The summed E-state index contributed by atoms with van der Waals surface area (Å²) in [4.78, 5) is 23.3. The molecule has 2 amide bonds. The molecule has 5 heteroatoms. The summed E-state index contributed by atoms with van der Waals surface area (Å²) in [5.41, 5.74) is 1.64. The normalized spacial score (nSPS) is 14.4. The van der Waals surface area contributed by atoms with Gasteiger partial charge in [0.2, 0.25) is 11.8 Å². The molecule has 2 N–H and O–H groups in total. The van der Waals surface area contributed by atoms with E-state index in [2.05, 4.69) is 10.6 Å². The molecule has 1 aromatic carbocycles. The summed E-state index contributed by atoms with van der Waals surface area (Å²) in [7, 11) is 0. The summed E-state index contributed by atoms with van der Waals surface area (Å²) in [6, 6.07) is 9.21. The number of rotatable bonds is 5. The summed E-state index contributed by atoms with van der Waals surface area (Å²) in [5, 5.41) is 14.0. The van der Waals surface area contributed by atoms with Crippen LogP contribution < -0.4 is 10.6 Å². The van der Waals surface area contributed by atoms with Crippen LogP contribution in [0.2, 0.25) is 0 Å². The summed E-state index contributed by atoms with van der Waals surface area (Å²) in [6.07, 6.45) is 4.05. The Labute approximate surface area is 124 Å². The second-order valence-electron chi connectivity index (χ2n) is 5.28. The minimum absolute atomic E-state index is 0.0816. The molecule has 1 fully saturated rings. The van der Waals surface area contributed by atoms with Crippen LogP contribution in [0.25, 0.3) is 0 Å². The minimum atomic E-state index is -0.294. The standard InChI is InChI=1S/C16H19N3O2/c17-9-8-15(20)18-11-12-4-3-7-14(10-12)19-16(21)13-5-1-2-6-13/h3-4,7,10,13H,1-2,5-6,8,11H2,(H,18,20)(H,19,21). The van der Waals surface area contributed by atoms with Crippen molar-refractivity contribution in [1.29, 1.82) is 5.26 Å². The lowest BCUT2D eigenvalue weighted by atomic mass is 10.1. The van der Waals surface area contributed by atoms with Gasteiger partial charge < -0.3 is 10.6 Å². The SMILES string of the molecule is N#CCC(=O)NCc1cccc(NC(=O)C2CCCC2)c1. The topological polar surface area (TPSA) is 82.0 Å². The van der Waals surface area contributed by atoms with Gasteiger partial charge in [-0.1, -0.05) is 25.0 Å². The van der Waals surface area contributed by atoms with Crippen LogP contribution in [0, 0.1) is 17.2 Å². The Morgan fingerprint density at radius 3 is 2.76 bits per heavy atom. The van der Waals surface area contributed by atoms with E-state index >= 15 is 0 Å². The summed E-state index contributed by atoms with van der Waals surface area (Å²) in [5.74, 6) is -0.0833. The van der Waals surface area contributed by atoms with Crippen LogP contribution in [-0.4, -0.2) is 11.8 Å². The number of nitriles is 1. The fourth-order valence-corrected chi connectivity index (χ4v) is 2.53. The number of benzene rings is 1. The van der Waals surface area contributed by atoms with Gasteiger partial charge in [0.1, 0.15) is 6.42 Å². The van der Waals surface area contributed by atoms with Gasteiger partial charge in [-0.25, -0.2) is 0 Å². The molecule has 1 aromatic rings. The molecule has 1 aliphatic rings. The van der Waals surface area contributed by atoms with Crippen LogP contribution in [0.3, 0.4) is 0 Å². The number of hydrogen-bond donors (Lipinski definition) is 2. The van der Waals surface area contributed by atoms with Gasteiger partial charge in [0.05, 0.1) is 6.07 Å². The van der Waals surface area contributed by atoms with E-state index in [4.69, 9.17) is 5.26 Å². The highest BCUT2D eigenvalue weighted by Crippen LogP contribution is 2.26. The maximum atomic E-state index is 12.1. The largest absolute Gasteiger partial charge is 0.351 e. The third kappa shape index (κ3) is 4.60. The van der Waals surface area contributed by atoms with Crippen molar-refractivity contribution in [3.63, 3.8) is 0 Å². The van der Waals surface area contributed by atoms with Crippen molar-refractivity contribution in [3.05, 3.63) is 29.8 Å². The first-order chi connectivity index (χ1) is 10.2. The monoisotopic (exact) mass is 285 g/mol. The van der Waals surface area contributed by atoms with E-state index in [1.54, 1.807) is 6.07 Å². The first-order valence-electron chi connectivity index (χ1n) is 7.22. The van der Waals surface area contributed by atoms with Gasteiger partial charge in [0, 0.05) is 18.2 Å². The van der Waals surface area contributed by atoms with Crippen LogP contribution in [0.4, 0.5) is 5.69 Å². The number of carbonyl (C=O) groups is 2. The first kappa shape index (κ1) is 15.0. The van der Waals surface area contributed by atoms with Gasteiger partial charge in [-0.2, -0.15) is 5.26 Å². The highest BCUT2D eigenvalue weighted by Gasteiger charge is 2.22. The van der Waals surface area contributed by atoms with Crippen molar-refractivity contribution in [2.45, 2.75) is 38.6 Å². The molecule has 0 atom stereocenters. The van der Waals surface area contributed by atoms with Crippen LogP contribution in [-0.2, 0) is 16.1 Å². The zero-order valence-electron chi connectivity index (χ0n) is 11.9. The van der Waals surface area contributed by atoms with Crippen LogP contribution >= 0.6 is 0 Å². The smallest absolute Gasteiger partial charge is 0.234 e. The molecule has 0 aromatic heterocycles. The van der Waals surface area contributed by atoms with Gasteiger partial charge >= 0.3 is 0 Å². The molecule has 2 rings (SSSR count). The quantitative estimate of drug-likeness (QED) is 0.871. The molecule has 0 spiro atoms. The second kappa shape index (κ2) is 7.44. The molecule has 21 heavy (non-hydrogen) atoms. The molecule has 0 unspecified atom stereocenters. The van der Waals surface area contributed by atoms with E-state index in [9.17, 15) is 9.59 Å². The van der Waals surface area contributed by atoms with E-state index in [-0.39, 0.29) is 24.2 Å². The lowest BCUT2D eigenvalue weighted by Crippen LogP contribution is -2.22. The Morgan fingerprint density at radius 2 is 2.05 bits per heavy atom. The average molecular weight is 285 g/mol. The number of amides is 2. The highest BCUT2D eigenvalue weighted by molar-refractivity contribution is 5.92. The fraction of sp³-hybridized carbons (Fsp3) is 0.438. The molecule has 5 nitrogen and oxygen atoms in total. The van der Waals surface area contributed by atoms with Crippen molar-refractivity contribution in [2.75, 3.05) is 5.32 Å². The maximum absolute atomic E-state index is 12.1. The minimum Gasteiger partial charge on any atom is -0.351 e. The molecule has 0 heterocycles. The van der Waals surface area contributed by atoms with E-state index in [0.717, 1.165) is 36.9 Å². The lowest BCUT2D eigenvalue weighted by molar-refractivity contribution is -0.120. The molecular weight excluding hydrogens is 266 g/mol. The van der Waals surface area contributed by atoms with Crippen molar-refractivity contribution in [2.24, 2.45) is 5.92 Å². The Morgan fingerprint density at radius 1 is 1.29 bits per heavy atom. The van der Waals surface area contributed by atoms with Crippen molar-refractivity contribution >= 4 is 17.5 Å². The summed E-state index contributed by atoms with van der Waals surface area (Å²) >= 11 is 0. The second-order valence-corrected chi connectivity index (χ2v) is 5.28. The number of anilines is 1. The van der Waals surface area contributed by atoms with Crippen LogP contribution in [0.1, 0.15) is 37.7 Å². The van der Waals surface area contributed by atoms with Gasteiger partial charge in [-0.3, -0.25) is 9.59 Å². The van der Waals surface area contributed by atoms with Gasteiger partial charge in [0.25, 0.3) is 0 Å². The fourth-order valence-electron chi connectivity index (χ4n) is 2.53. The number of nitrogens with one attached hydrogen (secondary N) is 2. The zero-order chi connectivity index (χ0) is 15.1. The van der Waals surface area contributed by atoms with Crippen LogP contribution in [0.15, 0.2) is 24.3 Å². The number of nitrogens with zero attached hydrogens (tertiary/aromatic N) is 1. The molecule has 0 saturated heterocycles. The Balaban J connectivity index is 1.89. The third-order valence-electron chi connectivity index (χ3n) is 3.65. The van der Waals surface area contributed by atoms with Gasteiger partial charge in [0.15, 0.2) is 0 Å². The lowest BCUT2D eigenvalue weighted by Gasteiger charge is -2.11. The zero-order valence-corrected chi connectivity index (χ0v) is 11.9. The number of hydrogen-bond acceptors (Lipinski definition) is 3. The van der Waals surface area contributed by atoms with Crippen molar-refractivity contribution in [3.8, 4) is 6.07 Å². The van der Waals surface area contributed by atoms with Gasteiger partial charge in [-0.15, -0.1) is 0 Å².